The first-order valence-electron chi connectivity index (χ1n) is 10.1. The number of hydrogen-bond donors (Lipinski definition) is 3. The first-order valence-corrected chi connectivity index (χ1v) is 10.1. The predicted molar refractivity (Wildman–Crippen MR) is 122 cm³/mol. The molecule has 0 aliphatic rings. The molecule has 0 aliphatic carbocycles. The van der Waals surface area contributed by atoms with E-state index in [4.69, 9.17) is 10.5 Å². The molecule has 3 amide bonds. The van der Waals surface area contributed by atoms with Gasteiger partial charge in [-0.1, -0.05) is 42.5 Å². The zero-order chi connectivity index (χ0) is 22.3. The number of hydrogen-bond acceptors (Lipinski definition) is 4. The van der Waals surface area contributed by atoms with E-state index in [-0.39, 0.29) is 19.1 Å². The molecule has 3 aromatic carbocycles. The molecule has 0 saturated carbocycles. The number of carbonyl (C=O) groups is 2. The summed E-state index contributed by atoms with van der Waals surface area (Å²) in [6.07, 6.45) is 0. The average Bonchev–Trinajstić information content (AvgIpc) is 3.15. The highest BCUT2D eigenvalue weighted by atomic mass is 16.5. The number of carbonyl (C=O) groups excluding carboxylic acids is 2. The SMILES string of the molecule is NC(=O)Nc1ccc(CNC(=O)Cn2c(COc3ccccc3)nc3ccccc32)cc1. The molecule has 0 fully saturated rings. The standard InChI is InChI=1S/C24H23N5O3/c25-24(31)27-18-12-10-17(11-13-18)14-26-23(30)15-29-21-9-5-4-8-20(21)28-22(29)16-32-19-6-2-1-3-7-19/h1-13H,14-16H2,(H,26,30)(H3,25,27,31). The zero-order valence-corrected chi connectivity index (χ0v) is 17.3. The summed E-state index contributed by atoms with van der Waals surface area (Å²) in [5.74, 6) is 1.27. The Bertz CT molecular complexity index is 1220. The molecule has 4 N–H and O–H groups in total. The lowest BCUT2D eigenvalue weighted by Gasteiger charge is -2.11. The minimum absolute atomic E-state index is 0.120. The van der Waals surface area contributed by atoms with E-state index in [1.54, 1.807) is 12.1 Å². The largest absolute Gasteiger partial charge is 0.486 e. The number of para-hydroxylation sites is 3. The lowest BCUT2D eigenvalue weighted by Crippen LogP contribution is -2.28. The van der Waals surface area contributed by atoms with Gasteiger partial charge in [0.15, 0.2) is 0 Å². The van der Waals surface area contributed by atoms with E-state index < -0.39 is 6.03 Å². The van der Waals surface area contributed by atoms with E-state index in [2.05, 4.69) is 15.6 Å². The van der Waals surface area contributed by atoms with Crippen molar-refractivity contribution in [3.05, 3.63) is 90.3 Å². The highest BCUT2D eigenvalue weighted by Gasteiger charge is 2.14. The smallest absolute Gasteiger partial charge is 0.316 e. The van der Waals surface area contributed by atoms with E-state index >= 15 is 0 Å². The van der Waals surface area contributed by atoms with Crippen LogP contribution in [-0.4, -0.2) is 21.5 Å². The lowest BCUT2D eigenvalue weighted by atomic mass is 10.2. The van der Waals surface area contributed by atoms with Crippen LogP contribution in [-0.2, 0) is 24.5 Å². The van der Waals surface area contributed by atoms with Crippen molar-refractivity contribution >= 4 is 28.7 Å². The van der Waals surface area contributed by atoms with Crippen molar-refractivity contribution in [1.82, 2.24) is 14.9 Å². The molecule has 0 aliphatic heterocycles. The molecule has 0 spiro atoms. The molecule has 0 unspecified atom stereocenters. The summed E-state index contributed by atoms with van der Waals surface area (Å²) in [5, 5.41) is 5.43. The fourth-order valence-corrected chi connectivity index (χ4v) is 3.32. The van der Waals surface area contributed by atoms with Gasteiger partial charge in [-0.15, -0.1) is 0 Å². The van der Waals surface area contributed by atoms with Gasteiger partial charge < -0.3 is 25.7 Å². The first-order chi connectivity index (χ1) is 15.6. The molecule has 4 aromatic rings. The van der Waals surface area contributed by atoms with E-state index in [1.807, 2.05) is 71.3 Å². The predicted octanol–water partition coefficient (Wildman–Crippen LogP) is 3.42. The molecule has 1 heterocycles. The third kappa shape index (κ3) is 5.23. The molecule has 0 radical (unpaired) electrons. The molecule has 0 atom stereocenters. The number of anilines is 1. The van der Waals surface area contributed by atoms with Crippen molar-refractivity contribution in [3.63, 3.8) is 0 Å². The maximum atomic E-state index is 12.7. The summed E-state index contributed by atoms with van der Waals surface area (Å²) in [5.41, 5.74) is 8.29. The van der Waals surface area contributed by atoms with Crippen LogP contribution in [0, 0.1) is 0 Å². The van der Waals surface area contributed by atoms with Crippen molar-refractivity contribution in [2.24, 2.45) is 5.73 Å². The number of nitrogens with one attached hydrogen (secondary N) is 2. The Hall–Kier alpha value is -4.33. The second-order valence-corrected chi connectivity index (χ2v) is 7.17. The average molecular weight is 429 g/mol. The van der Waals surface area contributed by atoms with Crippen LogP contribution in [0.4, 0.5) is 10.5 Å². The van der Waals surface area contributed by atoms with Crippen LogP contribution in [0.5, 0.6) is 5.75 Å². The quantitative estimate of drug-likeness (QED) is 0.398. The van der Waals surface area contributed by atoms with E-state index in [0.717, 1.165) is 22.3 Å². The Morgan fingerprint density at radius 3 is 2.41 bits per heavy atom. The Labute approximate surface area is 185 Å². The Morgan fingerprint density at radius 2 is 1.66 bits per heavy atom. The van der Waals surface area contributed by atoms with Gasteiger partial charge in [0.25, 0.3) is 0 Å². The number of aromatic nitrogens is 2. The summed E-state index contributed by atoms with van der Waals surface area (Å²) in [4.78, 5) is 28.2. The van der Waals surface area contributed by atoms with Crippen LogP contribution in [0.3, 0.4) is 0 Å². The monoisotopic (exact) mass is 429 g/mol. The molecule has 162 valence electrons. The fourth-order valence-electron chi connectivity index (χ4n) is 3.32. The molecule has 0 saturated heterocycles. The minimum Gasteiger partial charge on any atom is -0.486 e. The van der Waals surface area contributed by atoms with Crippen molar-refractivity contribution in [2.75, 3.05) is 5.32 Å². The maximum absolute atomic E-state index is 12.7. The van der Waals surface area contributed by atoms with E-state index in [1.165, 1.54) is 0 Å². The third-order valence-electron chi connectivity index (χ3n) is 4.86. The van der Waals surface area contributed by atoms with Gasteiger partial charge in [-0.05, 0) is 42.0 Å². The summed E-state index contributed by atoms with van der Waals surface area (Å²) >= 11 is 0. The third-order valence-corrected chi connectivity index (χ3v) is 4.86. The number of nitrogens with two attached hydrogens (primary N) is 1. The van der Waals surface area contributed by atoms with Gasteiger partial charge in [0.05, 0.1) is 11.0 Å². The van der Waals surface area contributed by atoms with Crippen LogP contribution >= 0.6 is 0 Å². The van der Waals surface area contributed by atoms with Gasteiger partial charge in [0.1, 0.15) is 24.7 Å². The first kappa shape index (κ1) is 20.9. The number of primary amides is 1. The van der Waals surface area contributed by atoms with E-state index in [0.29, 0.717) is 18.1 Å². The van der Waals surface area contributed by atoms with Crippen molar-refractivity contribution in [2.45, 2.75) is 19.7 Å². The fraction of sp³-hybridized carbons (Fsp3) is 0.125. The molecule has 1 aromatic heterocycles. The Morgan fingerprint density at radius 1 is 0.938 bits per heavy atom. The number of fused-ring (bicyclic) bond motifs is 1. The van der Waals surface area contributed by atoms with Crippen LogP contribution < -0.4 is 21.1 Å². The Kier molecular flexibility index (Phi) is 6.31. The van der Waals surface area contributed by atoms with Crippen LogP contribution in [0.25, 0.3) is 11.0 Å². The van der Waals surface area contributed by atoms with Gasteiger partial charge in [-0.25, -0.2) is 9.78 Å². The molecule has 0 bridgehead atoms. The van der Waals surface area contributed by atoms with Gasteiger partial charge >= 0.3 is 6.03 Å². The Balaban J connectivity index is 1.43. The number of benzene rings is 3. The van der Waals surface area contributed by atoms with Gasteiger partial charge in [0.2, 0.25) is 5.91 Å². The van der Waals surface area contributed by atoms with Crippen LogP contribution in [0.2, 0.25) is 0 Å². The number of urea groups is 1. The maximum Gasteiger partial charge on any atom is 0.316 e. The highest BCUT2D eigenvalue weighted by Crippen LogP contribution is 2.18. The van der Waals surface area contributed by atoms with Crippen molar-refractivity contribution < 1.29 is 14.3 Å². The molecule has 8 heteroatoms. The lowest BCUT2D eigenvalue weighted by molar-refractivity contribution is -0.121. The highest BCUT2D eigenvalue weighted by molar-refractivity contribution is 5.87. The molecule has 8 nitrogen and oxygen atoms in total. The van der Waals surface area contributed by atoms with Crippen LogP contribution in [0.15, 0.2) is 78.9 Å². The molecule has 32 heavy (non-hydrogen) atoms. The molecule has 4 rings (SSSR count). The zero-order valence-electron chi connectivity index (χ0n) is 17.3. The second kappa shape index (κ2) is 9.65. The van der Waals surface area contributed by atoms with Crippen molar-refractivity contribution in [1.29, 1.82) is 0 Å². The van der Waals surface area contributed by atoms with E-state index in [9.17, 15) is 9.59 Å². The summed E-state index contributed by atoms with van der Waals surface area (Å²) in [6.45, 7) is 0.730. The topological polar surface area (TPSA) is 111 Å². The number of amides is 3. The van der Waals surface area contributed by atoms with Gasteiger partial charge in [0, 0.05) is 12.2 Å². The minimum atomic E-state index is -0.620. The molecular weight excluding hydrogens is 406 g/mol. The second-order valence-electron chi connectivity index (χ2n) is 7.17. The van der Waals surface area contributed by atoms with Crippen molar-refractivity contribution in [3.8, 4) is 5.75 Å². The van der Waals surface area contributed by atoms with Gasteiger partial charge in [-0.3, -0.25) is 4.79 Å². The summed E-state index contributed by atoms with van der Waals surface area (Å²) < 4.78 is 7.73. The number of imidazole rings is 1. The normalized spacial score (nSPS) is 10.6. The van der Waals surface area contributed by atoms with Gasteiger partial charge in [-0.2, -0.15) is 0 Å². The number of ether oxygens (including phenoxy) is 1. The molecular formula is C24H23N5O3. The number of nitrogens with zero attached hydrogens (tertiary/aromatic N) is 2. The number of rotatable bonds is 8. The van der Waals surface area contributed by atoms with Crippen LogP contribution in [0.1, 0.15) is 11.4 Å². The summed E-state index contributed by atoms with van der Waals surface area (Å²) in [6, 6.07) is 23.7. The summed E-state index contributed by atoms with van der Waals surface area (Å²) in [7, 11) is 0.